The summed E-state index contributed by atoms with van der Waals surface area (Å²) in [6.45, 7) is 9.87. The van der Waals surface area contributed by atoms with Crippen molar-refractivity contribution in [3.63, 3.8) is 0 Å². The maximum Gasteiger partial charge on any atom is 0.0995 e. The lowest BCUT2D eigenvalue weighted by Crippen LogP contribution is -1.92. The lowest BCUT2D eigenvalue weighted by Gasteiger charge is -2.02. The van der Waals surface area contributed by atoms with E-state index in [1.54, 1.807) is 6.07 Å². The van der Waals surface area contributed by atoms with E-state index in [0.717, 1.165) is 11.1 Å². The smallest absolute Gasteiger partial charge is 0.0995 e. The van der Waals surface area contributed by atoms with Gasteiger partial charge in [-0.1, -0.05) is 0 Å². The van der Waals surface area contributed by atoms with Gasteiger partial charge in [-0.15, -0.1) is 13.2 Å². The molecule has 0 heterocycles. The average Bonchev–Trinajstić information content (AvgIpc) is 2.14. The quantitative estimate of drug-likeness (QED) is 0.485. The van der Waals surface area contributed by atoms with Crippen molar-refractivity contribution in [2.24, 2.45) is 0 Å². The lowest BCUT2D eigenvalue weighted by atomic mass is 10.0. The summed E-state index contributed by atoms with van der Waals surface area (Å²) in [4.78, 5) is 0. The third-order valence-electron chi connectivity index (χ3n) is 1.81. The normalized spacial score (nSPS) is 8.08. The first-order valence-corrected chi connectivity index (χ1v) is 3.92. The summed E-state index contributed by atoms with van der Waals surface area (Å²) in [5.74, 6) is 0. The van der Waals surface area contributed by atoms with Gasteiger partial charge in [-0.05, 0) is 37.1 Å². The second kappa shape index (κ2) is 5.00. The molecule has 0 radical (unpaired) electrons. The van der Waals surface area contributed by atoms with Gasteiger partial charge in [0, 0.05) is 5.69 Å². The molecule has 0 unspecified atom stereocenters. The van der Waals surface area contributed by atoms with Crippen LogP contribution in [-0.4, -0.2) is 0 Å². The summed E-state index contributed by atoms with van der Waals surface area (Å²) in [7, 11) is 0. The Labute approximate surface area is 79.3 Å². The molecule has 13 heavy (non-hydrogen) atoms. The highest BCUT2D eigenvalue weighted by molar-refractivity contribution is 5.53. The van der Waals surface area contributed by atoms with E-state index in [1.807, 2.05) is 19.9 Å². The van der Waals surface area contributed by atoms with Crippen LogP contribution in [0.1, 0.15) is 16.7 Å². The van der Waals surface area contributed by atoms with Crippen LogP contribution in [0.5, 0.6) is 0 Å². The first-order chi connectivity index (χ1) is 6.15. The topological polar surface area (TPSA) is 49.8 Å². The molecule has 0 bridgehead atoms. The van der Waals surface area contributed by atoms with Gasteiger partial charge >= 0.3 is 0 Å². The van der Waals surface area contributed by atoms with Crippen LogP contribution in [0.4, 0.5) is 5.69 Å². The highest BCUT2D eigenvalue weighted by Crippen LogP contribution is 2.16. The Hall–Kier alpha value is -1.75. The molecular weight excluding hydrogens is 160 g/mol. The van der Waals surface area contributed by atoms with Crippen molar-refractivity contribution in [3.05, 3.63) is 42.0 Å². The fraction of sp³-hybridized carbons (Fsp3) is 0.182. The number of nitrogens with two attached hydrogens (primary N) is 1. The van der Waals surface area contributed by atoms with Crippen molar-refractivity contribution in [2.75, 3.05) is 5.73 Å². The third kappa shape index (κ3) is 2.64. The molecule has 1 rings (SSSR count). The zero-order valence-corrected chi connectivity index (χ0v) is 8.09. The minimum atomic E-state index is 0.657. The minimum absolute atomic E-state index is 0.657. The zero-order chi connectivity index (χ0) is 10.4. The molecule has 0 aliphatic rings. The van der Waals surface area contributed by atoms with Crippen molar-refractivity contribution in [1.82, 2.24) is 0 Å². The highest BCUT2D eigenvalue weighted by atomic mass is 14.5. The average molecular weight is 174 g/mol. The molecule has 0 saturated carbocycles. The molecule has 0 fully saturated rings. The van der Waals surface area contributed by atoms with Crippen LogP contribution in [0.2, 0.25) is 0 Å². The summed E-state index contributed by atoms with van der Waals surface area (Å²) in [6, 6.07) is 5.66. The van der Waals surface area contributed by atoms with E-state index in [2.05, 4.69) is 19.2 Å². The van der Waals surface area contributed by atoms with E-state index in [9.17, 15) is 0 Å². The molecule has 0 saturated heterocycles. The highest BCUT2D eigenvalue weighted by Gasteiger charge is 2.00. The Morgan fingerprint density at radius 2 is 1.85 bits per heavy atom. The number of nitrogen functional groups attached to an aromatic ring is 1. The first kappa shape index (κ1) is 11.2. The molecule has 2 heteroatoms. The van der Waals surface area contributed by atoms with Crippen molar-refractivity contribution in [2.45, 2.75) is 13.8 Å². The number of nitriles is 1. The van der Waals surface area contributed by atoms with Gasteiger partial charge in [0.15, 0.2) is 0 Å². The Bertz CT molecular complexity index is 335. The molecule has 2 N–H and O–H groups in total. The fourth-order valence-corrected chi connectivity index (χ4v) is 1.00. The summed E-state index contributed by atoms with van der Waals surface area (Å²) in [6.07, 6.45) is 0. The summed E-state index contributed by atoms with van der Waals surface area (Å²) >= 11 is 0. The molecule has 0 amide bonds. The van der Waals surface area contributed by atoms with Gasteiger partial charge in [-0.3, -0.25) is 0 Å². The van der Waals surface area contributed by atoms with Gasteiger partial charge in [-0.2, -0.15) is 5.26 Å². The van der Waals surface area contributed by atoms with Crippen LogP contribution in [0.15, 0.2) is 25.3 Å². The summed E-state index contributed by atoms with van der Waals surface area (Å²) < 4.78 is 0. The number of hydrogen-bond acceptors (Lipinski definition) is 2. The van der Waals surface area contributed by atoms with Gasteiger partial charge in [0.25, 0.3) is 0 Å². The van der Waals surface area contributed by atoms with Crippen LogP contribution < -0.4 is 5.73 Å². The van der Waals surface area contributed by atoms with Gasteiger partial charge in [0.2, 0.25) is 0 Å². The molecular formula is C11H14N2. The number of benzene rings is 1. The van der Waals surface area contributed by atoms with Crippen molar-refractivity contribution in [1.29, 1.82) is 5.26 Å². The van der Waals surface area contributed by atoms with Crippen molar-refractivity contribution >= 4 is 5.69 Å². The van der Waals surface area contributed by atoms with Crippen molar-refractivity contribution < 1.29 is 0 Å². The predicted octanol–water partition coefficient (Wildman–Crippen LogP) is 2.56. The van der Waals surface area contributed by atoms with E-state index >= 15 is 0 Å². The van der Waals surface area contributed by atoms with E-state index in [1.165, 1.54) is 0 Å². The molecule has 2 nitrogen and oxygen atoms in total. The molecule has 0 aromatic heterocycles. The summed E-state index contributed by atoms with van der Waals surface area (Å²) in [5, 5.41) is 8.66. The molecule has 0 aliphatic heterocycles. The van der Waals surface area contributed by atoms with E-state index in [0.29, 0.717) is 11.3 Å². The molecule has 0 aliphatic carbocycles. The maximum absolute atomic E-state index is 8.66. The largest absolute Gasteiger partial charge is 0.399 e. The van der Waals surface area contributed by atoms with Gasteiger partial charge in [-0.25, -0.2) is 0 Å². The van der Waals surface area contributed by atoms with Crippen LogP contribution in [-0.2, 0) is 0 Å². The second-order valence-electron chi connectivity index (χ2n) is 2.62. The van der Waals surface area contributed by atoms with Gasteiger partial charge < -0.3 is 5.73 Å². The van der Waals surface area contributed by atoms with E-state index in [-0.39, 0.29) is 0 Å². The Kier molecular flexibility index (Phi) is 4.32. The van der Waals surface area contributed by atoms with Gasteiger partial charge in [0.1, 0.15) is 0 Å². The Balaban J connectivity index is 0.000000671. The summed E-state index contributed by atoms with van der Waals surface area (Å²) in [5.41, 5.74) is 8.97. The number of aryl methyl sites for hydroxylation is 1. The number of rotatable bonds is 0. The fourth-order valence-electron chi connectivity index (χ4n) is 1.00. The zero-order valence-electron chi connectivity index (χ0n) is 8.09. The predicted molar refractivity (Wildman–Crippen MR) is 56.3 cm³/mol. The molecule has 0 spiro atoms. The van der Waals surface area contributed by atoms with E-state index in [4.69, 9.17) is 11.0 Å². The van der Waals surface area contributed by atoms with Crippen LogP contribution in [0.3, 0.4) is 0 Å². The Morgan fingerprint density at radius 3 is 2.31 bits per heavy atom. The number of hydrogen-bond donors (Lipinski definition) is 1. The van der Waals surface area contributed by atoms with E-state index < -0.39 is 0 Å². The molecule has 1 aromatic carbocycles. The SMILES string of the molecule is C=C.Cc1cc(N)cc(C#N)c1C. The monoisotopic (exact) mass is 174 g/mol. The molecule has 1 aromatic rings. The standard InChI is InChI=1S/C9H10N2.C2H4/c1-6-3-9(11)4-8(5-10)7(6)2;1-2/h3-4H,11H2,1-2H3;1-2H2. The Morgan fingerprint density at radius 1 is 1.31 bits per heavy atom. The van der Waals surface area contributed by atoms with Crippen LogP contribution in [0.25, 0.3) is 0 Å². The number of nitrogens with zero attached hydrogens (tertiary/aromatic N) is 1. The van der Waals surface area contributed by atoms with Crippen molar-refractivity contribution in [3.8, 4) is 6.07 Å². The molecule has 0 atom stereocenters. The molecule has 68 valence electrons. The minimum Gasteiger partial charge on any atom is -0.399 e. The first-order valence-electron chi connectivity index (χ1n) is 3.92. The van der Waals surface area contributed by atoms with Crippen LogP contribution >= 0.6 is 0 Å². The van der Waals surface area contributed by atoms with Crippen LogP contribution in [0, 0.1) is 25.2 Å². The second-order valence-corrected chi connectivity index (χ2v) is 2.62. The lowest BCUT2D eigenvalue weighted by molar-refractivity contribution is 1.31. The third-order valence-corrected chi connectivity index (χ3v) is 1.81. The maximum atomic E-state index is 8.66. The number of anilines is 1. The van der Waals surface area contributed by atoms with Gasteiger partial charge in [0.05, 0.1) is 11.6 Å².